The highest BCUT2D eigenvalue weighted by Crippen LogP contribution is 2.54. The second-order valence-electron chi connectivity index (χ2n) is 13.9. The quantitative estimate of drug-likeness (QED) is 0.337. The van der Waals surface area contributed by atoms with Crippen molar-refractivity contribution >= 4 is 0 Å². The predicted octanol–water partition coefficient (Wildman–Crippen LogP) is 10.2. The van der Waals surface area contributed by atoms with E-state index in [2.05, 4.69) is 19.6 Å². The second kappa shape index (κ2) is 11.6. The van der Waals surface area contributed by atoms with E-state index in [1.807, 2.05) is 0 Å². The van der Waals surface area contributed by atoms with E-state index in [0.717, 1.165) is 59.2 Å². The first-order chi connectivity index (χ1) is 16.2. The summed E-state index contributed by atoms with van der Waals surface area (Å²) in [7, 11) is 0. The van der Waals surface area contributed by atoms with Crippen LogP contribution in [0.4, 0.5) is 0 Å². The van der Waals surface area contributed by atoms with Crippen LogP contribution >= 0.6 is 0 Å². The minimum Gasteiger partial charge on any atom is -0.103 e. The molecule has 0 nitrogen and oxygen atoms in total. The molecule has 188 valence electrons. The summed E-state index contributed by atoms with van der Waals surface area (Å²) in [5, 5.41) is 0. The highest BCUT2D eigenvalue weighted by Gasteiger charge is 2.43. The van der Waals surface area contributed by atoms with Crippen LogP contribution in [0.5, 0.6) is 0 Å². The SMILES string of the molecule is C=CCCC1CCC(C2CCC3CC(C4CCC5CC(CCC)CCC5C4)CCC3C2)CC1. The van der Waals surface area contributed by atoms with Crippen molar-refractivity contribution in [3.63, 3.8) is 0 Å². The average Bonchev–Trinajstić information content (AvgIpc) is 2.87. The molecular weight excluding hydrogens is 396 g/mol. The molecule has 0 aromatic heterocycles. The minimum absolute atomic E-state index is 1.02. The summed E-state index contributed by atoms with van der Waals surface area (Å²) < 4.78 is 0. The van der Waals surface area contributed by atoms with E-state index in [9.17, 15) is 0 Å². The van der Waals surface area contributed by atoms with Crippen molar-refractivity contribution in [2.75, 3.05) is 0 Å². The van der Waals surface area contributed by atoms with Gasteiger partial charge in [-0.1, -0.05) is 45.1 Å². The van der Waals surface area contributed by atoms with Crippen LogP contribution in [0.25, 0.3) is 0 Å². The molecule has 0 heterocycles. The summed E-state index contributed by atoms with van der Waals surface area (Å²) in [6.07, 6.45) is 33.1. The molecule has 5 rings (SSSR count). The number of hydrogen-bond acceptors (Lipinski definition) is 0. The van der Waals surface area contributed by atoms with Gasteiger partial charge in [-0.15, -0.1) is 6.58 Å². The Morgan fingerprint density at radius 2 is 0.879 bits per heavy atom. The molecule has 0 N–H and O–H groups in total. The maximum Gasteiger partial charge on any atom is -0.0351 e. The first-order valence-electron chi connectivity index (χ1n) is 15.8. The van der Waals surface area contributed by atoms with Crippen LogP contribution in [0.15, 0.2) is 12.7 Å². The van der Waals surface area contributed by atoms with Crippen molar-refractivity contribution in [1.29, 1.82) is 0 Å². The Morgan fingerprint density at radius 3 is 1.36 bits per heavy atom. The molecule has 5 aliphatic rings. The zero-order valence-electron chi connectivity index (χ0n) is 22.2. The third-order valence-electron chi connectivity index (χ3n) is 12.2. The van der Waals surface area contributed by atoms with Crippen LogP contribution in [0.2, 0.25) is 0 Å². The summed E-state index contributed by atoms with van der Waals surface area (Å²) >= 11 is 0. The summed E-state index contributed by atoms with van der Waals surface area (Å²) in [4.78, 5) is 0. The minimum atomic E-state index is 1.02. The first kappa shape index (κ1) is 24.4. The lowest BCUT2D eigenvalue weighted by molar-refractivity contribution is 0.0174. The zero-order valence-corrected chi connectivity index (χ0v) is 22.2. The van der Waals surface area contributed by atoms with Crippen molar-refractivity contribution in [2.24, 2.45) is 59.2 Å². The van der Waals surface area contributed by atoms with E-state index in [1.165, 1.54) is 38.5 Å². The van der Waals surface area contributed by atoms with Gasteiger partial charge in [0.15, 0.2) is 0 Å². The van der Waals surface area contributed by atoms with Gasteiger partial charge in [0.05, 0.1) is 0 Å². The number of rotatable bonds is 7. The summed E-state index contributed by atoms with van der Waals surface area (Å²) in [5.74, 6) is 11.0. The van der Waals surface area contributed by atoms with Crippen LogP contribution in [0.3, 0.4) is 0 Å². The fraction of sp³-hybridized carbons (Fsp3) is 0.939. The van der Waals surface area contributed by atoms with Crippen molar-refractivity contribution < 1.29 is 0 Å². The average molecular weight is 453 g/mol. The summed E-state index contributed by atoms with van der Waals surface area (Å²) in [6, 6.07) is 0. The van der Waals surface area contributed by atoms with Gasteiger partial charge < -0.3 is 0 Å². The molecule has 0 saturated heterocycles. The molecule has 5 saturated carbocycles. The Balaban J connectivity index is 1.06. The fourth-order valence-electron chi connectivity index (χ4n) is 10.2. The van der Waals surface area contributed by atoms with Gasteiger partial charge in [0.2, 0.25) is 0 Å². The lowest BCUT2D eigenvalue weighted by Gasteiger charge is -2.49. The van der Waals surface area contributed by atoms with Crippen molar-refractivity contribution in [3.05, 3.63) is 12.7 Å². The first-order valence-corrected chi connectivity index (χ1v) is 15.8. The second-order valence-corrected chi connectivity index (χ2v) is 13.9. The molecular formula is C33H56. The van der Waals surface area contributed by atoms with Gasteiger partial charge in [-0.25, -0.2) is 0 Å². The molecule has 8 unspecified atom stereocenters. The largest absolute Gasteiger partial charge is 0.103 e. The lowest BCUT2D eigenvalue weighted by Crippen LogP contribution is -2.38. The number of fused-ring (bicyclic) bond motifs is 2. The molecule has 0 bridgehead atoms. The summed E-state index contributed by atoms with van der Waals surface area (Å²) in [6.45, 7) is 6.33. The highest BCUT2D eigenvalue weighted by atomic mass is 14.5. The molecule has 33 heavy (non-hydrogen) atoms. The molecule has 0 aliphatic heterocycles. The van der Waals surface area contributed by atoms with E-state index in [1.54, 1.807) is 89.9 Å². The van der Waals surface area contributed by atoms with Crippen LogP contribution in [0, 0.1) is 59.2 Å². The molecule has 5 fully saturated rings. The van der Waals surface area contributed by atoms with Gasteiger partial charge in [0.1, 0.15) is 0 Å². The van der Waals surface area contributed by atoms with Gasteiger partial charge in [0.25, 0.3) is 0 Å². The Labute approximate surface area is 207 Å². The predicted molar refractivity (Wildman–Crippen MR) is 143 cm³/mol. The third-order valence-corrected chi connectivity index (χ3v) is 12.2. The van der Waals surface area contributed by atoms with E-state index in [4.69, 9.17) is 0 Å². The molecule has 5 aliphatic carbocycles. The molecule has 0 amide bonds. The monoisotopic (exact) mass is 452 g/mol. The molecule has 8 atom stereocenters. The maximum atomic E-state index is 3.93. The van der Waals surface area contributed by atoms with Gasteiger partial charge in [-0.3, -0.25) is 0 Å². The fourth-order valence-corrected chi connectivity index (χ4v) is 10.2. The summed E-state index contributed by atoms with van der Waals surface area (Å²) in [5.41, 5.74) is 0. The molecule has 0 radical (unpaired) electrons. The van der Waals surface area contributed by atoms with Gasteiger partial charge in [-0.05, 0) is 155 Å². The van der Waals surface area contributed by atoms with Crippen molar-refractivity contribution in [3.8, 4) is 0 Å². The zero-order chi connectivity index (χ0) is 22.6. The topological polar surface area (TPSA) is 0 Å². The number of allylic oxidation sites excluding steroid dienone is 1. The van der Waals surface area contributed by atoms with Gasteiger partial charge in [0, 0.05) is 0 Å². The number of hydrogen-bond donors (Lipinski definition) is 0. The Hall–Kier alpha value is -0.260. The van der Waals surface area contributed by atoms with Crippen LogP contribution < -0.4 is 0 Å². The smallest absolute Gasteiger partial charge is 0.0351 e. The van der Waals surface area contributed by atoms with Crippen molar-refractivity contribution in [1.82, 2.24) is 0 Å². The van der Waals surface area contributed by atoms with Crippen LogP contribution in [-0.4, -0.2) is 0 Å². The molecule has 0 spiro atoms. The van der Waals surface area contributed by atoms with Crippen LogP contribution in [0.1, 0.15) is 135 Å². The van der Waals surface area contributed by atoms with E-state index >= 15 is 0 Å². The third kappa shape index (κ3) is 5.94. The molecule has 0 aromatic carbocycles. The van der Waals surface area contributed by atoms with E-state index in [-0.39, 0.29) is 0 Å². The standard InChI is InChI=1S/C33H56/c1-3-5-7-24-8-11-26(12-9-24)28-15-17-32-23-33(19-18-30(32)21-28)31-16-14-27-20-25(6-4-2)10-13-29(27)22-31/h3,24-33H,1,4-23H2,2H3. The maximum absolute atomic E-state index is 3.93. The Kier molecular flexibility index (Phi) is 8.63. The van der Waals surface area contributed by atoms with Crippen molar-refractivity contribution in [2.45, 2.75) is 135 Å². The van der Waals surface area contributed by atoms with Gasteiger partial charge in [-0.2, -0.15) is 0 Å². The van der Waals surface area contributed by atoms with Crippen LogP contribution in [-0.2, 0) is 0 Å². The van der Waals surface area contributed by atoms with E-state index in [0.29, 0.717) is 0 Å². The molecule has 0 aromatic rings. The highest BCUT2D eigenvalue weighted by molar-refractivity contribution is 4.94. The lowest BCUT2D eigenvalue weighted by atomic mass is 9.56. The normalized spacial score (nSPS) is 46.2. The van der Waals surface area contributed by atoms with E-state index < -0.39 is 0 Å². The van der Waals surface area contributed by atoms with Gasteiger partial charge >= 0.3 is 0 Å². The Bertz CT molecular complexity index is 597. The molecule has 0 heteroatoms. The Morgan fingerprint density at radius 1 is 0.485 bits per heavy atom.